The van der Waals surface area contributed by atoms with Gasteiger partial charge in [-0.1, -0.05) is 12.1 Å². The van der Waals surface area contributed by atoms with E-state index in [4.69, 9.17) is 18.9 Å². The van der Waals surface area contributed by atoms with Gasteiger partial charge in [-0.25, -0.2) is 4.79 Å². The Morgan fingerprint density at radius 3 is 2.28 bits per heavy atom. The van der Waals surface area contributed by atoms with Crippen LogP contribution in [0.5, 0.6) is 23.0 Å². The summed E-state index contributed by atoms with van der Waals surface area (Å²) >= 11 is 0. The van der Waals surface area contributed by atoms with Crippen LogP contribution in [0, 0.1) is 0 Å². The molecule has 4 rings (SSSR count). The highest BCUT2D eigenvalue weighted by atomic mass is 16.5. The second-order valence-electron chi connectivity index (χ2n) is 8.78. The average Bonchev–Trinajstić information content (AvgIpc) is 2.87. The molecule has 1 heterocycles. The lowest BCUT2D eigenvalue weighted by atomic mass is 9.71. The number of Topliss-reactive ketones (excluding diaryl/α,β-unsaturated/α-hetero) is 1. The first-order valence-electron chi connectivity index (χ1n) is 11.8. The van der Waals surface area contributed by atoms with E-state index in [-0.39, 0.29) is 30.5 Å². The largest absolute Gasteiger partial charge is 0.504 e. The summed E-state index contributed by atoms with van der Waals surface area (Å²) in [6.45, 7) is 3.75. The summed E-state index contributed by atoms with van der Waals surface area (Å²) in [6.07, 6.45) is 0.840. The number of hydrogen-bond acceptors (Lipinski definition) is 8. The standard InChI is InChI=1S/C28H31NO7/c1-6-36-28(32)25-15(2)29-19-11-18(16-7-10-23(34-4)24(14-16)35-5)13-21(31)27(19)26(25)17-8-9-22(33-3)20(30)12-17/h7-10,12,14,18,26,29-30H,6,11,13H2,1-5H3. The van der Waals surface area contributed by atoms with E-state index in [0.29, 0.717) is 46.1 Å². The van der Waals surface area contributed by atoms with Crippen LogP contribution in [0.4, 0.5) is 0 Å². The predicted molar refractivity (Wildman–Crippen MR) is 133 cm³/mol. The fourth-order valence-corrected chi connectivity index (χ4v) is 5.08. The smallest absolute Gasteiger partial charge is 0.336 e. The summed E-state index contributed by atoms with van der Waals surface area (Å²) in [7, 11) is 4.63. The molecule has 0 aromatic heterocycles. The first kappa shape index (κ1) is 25.2. The maximum atomic E-state index is 13.7. The zero-order valence-corrected chi connectivity index (χ0v) is 21.1. The zero-order chi connectivity index (χ0) is 26.0. The van der Waals surface area contributed by atoms with Gasteiger partial charge in [0.25, 0.3) is 0 Å². The van der Waals surface area contributed by atoms with Gasteiger partial charge in [0, 0.05) is 29.3 Å². The Balaban J connectivity index is 1.79. The average molecular weight is 494 g/mol. The second-order valence-corrected chi connectivity index (χ2v) is 8.78. The number of methoxy groups -OCH3 is 3. The molecule has 8 nitrogen and oxygen atoms in total. The Labute approximate surface area is 210 Å². The lowest BCUT2D eigenvalue weighted by molar-refractivity contribution is -0.138. The van der Waals surface area contributed by atoms with Crippen molar-refractivity contribution >= 4 is 11.8 Å². The molecule has 1 aliphatic carbocycles. The van der Waals surface area contributed by atoms with E-state index >= 15 is 0 Å². The third-order valence-corrected chi connectivity index (χ3v) is 6.74. The number of aromatic hydroxyl groups is 1. The number of ketones is 1. The Kier molecular flexibility index (Phi) is 7.24. The molecular formula is C28H31NO7. The van der Waals surface area contributed by atoms with Crippen molar-refractivity contribution in [1.29, 1.82) is 0 Å². The number of esters is 1. The molecule has 36 heavy (non-hydrogen) atoms. The molecule has 2 N–H and O–H groups in total. The molecule has 2 aromatic carbocycles. The third kappa shape index (κ3) is 4.51. The van der Waals surface area contributed by atoms with Gasteiger partial charge >= 0.3 is 5.97 Å². The summed E-state index contributed by atoms with van der Waals surface area (Å²) in [5.74, 6) is 0.151. The highest BCUT2D eigenvalue weighted by Crippen LogP contribution is 2.47. The number of phenolic OH excluding ortho intramolecular Hbond substituents is 1. The maximum Gasteiger partial charge on any atom is 0.336 e. The van der Waals surface area contributed by atoms with Crippen molar-refractivity contribution in [2.75, 3.05) is 27.9 Å². The van der Waals surface area contributed by atoms with Crippen LogP contribution in [-0.2, 0) is 14.3 Å². The minimum absolute atomic E-state index is 0.0667. The van der Waals surface area contributed by atoms with Crippen LogP contribution in [0.3, 0.4) is 0 Å². The number of carbonyl (C=O) groups excluding carboxylic acids is 2. The van der Waals surface area contributed by atoms with Crippen LogP contribution in [0.25, 0.3) is 0 Å². The van der Waals surface area contributed by atoms with Crippen molar-refractivity contribution in [3.8, 4) is 23.0 Å². The molecule has 0 radical (unpaired) electrons. The van der Waals surface area contributed by atoms with Gasteiger partial charge in [-0.15, -0.1) is 0 Å². The van der Waals surface area contributed by atoms with E-state index in [1.807, 2.05) is 18.2 Å². The number of benzene rings is 2. The molecule has 190 valence electrons. The number of nitrogens with one attached hydrogen (secondary N) is 1. The molecule has 8 heteroatoms. The van der Waals surface area contributed by atoms with Gasteiger partial charge in [-0.2, -0.15) is 0 Å². The van der Waals surface area contributed by atoms with Gasteiger partial charge in [-0.05, 0) is 61.6 Å². The lowest BCUT2D eigenvalue weighted by Crippen LogP contribution is -2.36. The number of phenols is 1. The SMILES string of the molecule is CCOC(=O)C1=C(C)NC2=C(C(=O)CC(c3ccc(OC)c(OC)c3)C2)C1c1ccc(OC)c(O)c1. The van der Waals surface area contributed by atoms with Crippen LogP contribution in [0.1, 0.15) is 49.7 Å². The molecule has 1 aliphatic heterocycles. The number of ether oxygens (including phenoxy) is 4. The zero-order valence-electron chi connectivity index (χ0n) is 21.1. The molecule has 2 unspecified atom stereocenters. The van der Waals surface area contributed by atoms with Gasteiger partial charge < -0.3 is 29.4 Å². The van der Waals surface area contributed by atoms with Crippen molar-refractivity contribution in [2.45, 2.75) is 38.5 Å². The number of rotatable bonds is 7. The summed E-state index contributed by atoms with van der Waals surface area (Å²) in [5, 5.41) is 13.8. The lowest BCUT2D eigenvalue weighted by Gasteiger charge is -2.36. The van der Waals surface area contributed by atoms with Gasteiger partial charge in [0.2, 0.25) is 0 Å². The first-order valence-corrected chi connectivity index (χ1v) is 11.8. The van der Waals surface area contributed by atoms with Gasteiger partial charge in [0.05, 0.1) is 33.5 Å². The van der Waals surface area contributed by atoms with Crippen molar-refractivity contribution in [3.63, 3.8) is 0 Å². The minimum Gasteiger partial charge on any atom is -0.504 e. The molecule has 0 bridgehead atoms. The minimum atomic E-state index is -0.670. The summed E-state index contributed by atoms with van der Waals surface area (Å²) in [6, 6.07) is 10.6. The summed E-state index contributed by atoms with van der Waals surface area (Å²) in [4.78, 5) is 26.7. The monoisotopic (exact) mass is 493 g/mol. The first-order chi connectivity index (χ1) is 17.3. The van der Waals surface area contributed by atoms with E-state index in [1.54, 1.807) is 46.3 Å². The Morgan fingerprint density at radius 2 is 1.64 bits per heavy atom. The van der Waals surface area contributed by atoms with Crippen LogP contribution >= 0.6 is 0 Å². The Hall–Kier alpha value is -3.94. The Bertz CT molecular complexity index is 1260. The number of allylic oxidation sites excluding steroid dienone is 3. The molecule has 0 saturated carbocycles. The molecule has 2 aromatic rings. The van der Waals surface area contributed by atoms with Crippen LogP contribution in [0.2, 0.25) is 0 Å². The van der Waals surface area contributed by atoms with Crippen molar-refractivity contribution < 1.29 is 33.6 Å². The quantitative estimate of drug-likeness (QED) is 0.549. The summed E-state index contributed by atoms with van der Waals surface area (Å²) in [5.41, 5.74) is 3.83. The Morgan fingerprint density at radius 1 is 0.972 bits per heavy atom. The number of hydrogen-bond donors (Lipinski definition) is 2. The van der Waals surface area contributed by atoms with E-state index in [1.165, 1.54) is 7.11 Å². The van der Waals surface area contributed by atoms with E-state index in [2.05, 4.69) is 5.32 Å². The molecule has 0 spiro atoms. The molecule has 0 amide bonds. The fourth-order valence-electron chi connectivity index (χ4n) is 5.08. The maximum absolute atomic E-state index is 13.7. The number of carbonyl (C=O) groups is 2. The van der Waals surface area contributed by atoms with Crippen molar-refractivity contribution in [1.82, 2.24) is 5.32 Å². The van der Waals surface area contributed by atoms with Crippen LogP contribution in [0.15, 0.2) is 58.9 Å². The highest BCUT2D eigenvalue weighted by Gasteiger charge is 2.41. The molecule has 0 saturated heterocycles. The molecule has 2 aliphatic rings. The topological polar surface area (TPSA) is 103 Å². The fraction of sp³-hybridized carbons (Fsp3) is 0.357. The third-order valence-electron chi connectivity index (χ3n) is 6.74. The molecule has 0 fully saturated rings. The van der Waals surface area contributed by atoms with Gasteiger partial charge in [0.15, 0.2) is 28.8 Å². The van der Waals surface area contributed by atoms with Crippen molar-refractivity contribution in [3.05, 3.63) is 70.1 Å². The van der Waals surface area contributed by atoms with E-state index in [9.17, 15) is 14.7 Å². The predicted octanol–water partition coefficient (Wildman–Crippen LogP) is 4.34. The van der Waals surface area contributed by atoms with Gasteiger partial charge in [-0.3, -0.25) is 4.79 Å². The van der Waals surface area contributed by atoms with E-state index in [0.717, 1.165) is 11.3 Å². The highest BCUT2D eigenvalue weighted by molar-refractivity contribution is 6.04. The molecular weight excluding hydrogens is 462 g/mol. The summed E-state index contributed by atoms with van der Waals surface area (Å²) < 4.78 is 21.3. The van der Waals surface area contributed by atoms with Gasteiger partial charge in [0.1, 0.15) is 0 Å². The number of dihydropyridines is 1. The van der Waals surface area contributed by atoms with Crippen LogP contribution < -0.4 is 19.5 Å². The van der Waals surface area contributed by atoms with Crippen LogP contribution in [-0.4, -0.2) is 44.8 Å². The molecule has 2 atom stereocenters. The van der Waals surface area contributed by atoms with Crippen molar-refractivity contribution in [2.24, 2.45) is 0 Å². The van der Waals surface area contributed by atoms with E-state index < -0.39 is 11.9 Å². The second kappa shape index (κ2) is 10.4. The normalized spacial score (nSPS) is 19.4.